The molecule has 0 aromatic heterocycles. The number of nitrogens with zero attached hydrogens (tertiary/aromatic N) is 2. The Balaban J connectivity index is 1.88. The van der Waals surface area contributed by atoms with Crippen LogP contribution in [0.15, 0.2) is 0 Å². The Bertz CT molecular complexity index is 455. The molecule has 20 heavy (non-hydrogen) atoms. The number of sulfonamides is 1. The van der Waals surface area contributed by atoms with E-state index in [-0.39, 0.29) is 6.10 Å². The van der Waals surface area contributed by atoms with Crippen LogP contribution in [0.2, 0.25) is 0 Å². The highest BCUT2D eigenvalue weighted by molar-refractivity contribution is 7.88. The smallest absolute Gasteiger partial charge is 0.211 e. The highest BCUT2D eigenvalue weighted by Gasteiger charge is 2.29. The fraction of sp³-hybridized carbons (Fsp3) is 0.917. The van der Waals surface area contributed by atoms with Crippen molar-refractivity contribution in [1.29, 1.82) is 0 Å². The predicted molar refractivity (Wildman–Crippen MR) is 82.1 cm³/mol. The molecule has 0 radical (unpaired) electrons. The third-order valence-electron chi connectivity index (χ3n) is 3.94. The molecule has 0 amide bonds. The van der Waals surface area contributed by atoms with E-state index in [9.17, 15) is 8.42 Å². The Morgan fingerprint density at radius 1 is 1.40 bits per heavy atom. The lowest BCUT2D eigenvalue weighted by Gasteiger charge is -2.37. The Kier molecular flexibility index (Phi) is 5.36. The van der Waals surface area contributed by atoms with Gasteiger partial charge in [0.15, 0.2) is 0 Å². The highest BCUT2D eigenvalue weighted by Crippen LogP contribution is 2.20. The minimum absolute atomic E-state index is 0.173. The molecule has 2 saturated heterocycles. The van der Waals surface area contributed by atoms with Crippen molar-refractivity contribution in [2.24, 2.45) is 11.7 Å². The summed E-state index contributed by atoms with van der Waals surface area (Å²) >= 11 is 4.98. The molecule has 6 nitrogen and oxygen atoms in total. The van der Waals surface area contributed by atoms with Crippen molar-refractivity contribution < 1.29 is 13.2 Å². The first-order valence-corrected chi connectivity index (χ1v) is 9.20. The molecule has 8 heteroatoms. The lowest BCUT2D eigenvalue weighted by Crippen LogP contribution is -2.51. The van der Waals surface area contributed by atoms with Crippen LogP contribution in [-0.2, 0) is 14.8 Å². The number of thiocarbonyl (C=S) groups is 1. The predicted octanol–water partition coefficient (Wildman–Crippen LogP) is -0.355. The molecule has 2 atom stereocenters. The van der Waals surface area contributed by atoms with Crippen molar-refractivity contribution >= 4 is 27.2 Å². The molecule has 0 bridgehead atoms. The minimum Gasteiger partial charge on any atom is -0.391 e. The first-order chi connectivity index (χ1) is 9.36. The summed E-state index contributed by atoms with van der Waals surface area (Å²) in [5, 5.41) is 0. The summed E-state index contributed by atoms with van der Waals surface area (Å²) in [6.45, 7) is 4.35. The van der Waals surface area contributed by atoms with Crippen LogP contribution in [0.25, 0.3) is 0 Å². The molecule has 0 aromatic carbocycles. The van der Waals surface area contributed by atoms with Gasteiger partial charge in [0.1, 0.15) is 11.1 Å². The van der Waals surface area contributed by atoms with Gasteiger partial charge in [0.2, 0.25) is 10.0 Å². The summed E-state index contributed by atoms with van der Waals surface area (Å²) in [7, 11) is -3.07. The fourth-order valence-electron chi connectivity index (χ4n) is 2.88. The van der Waals surface area contributed by atoms with Gasteiger partial charge in [-0.05, 0) is 18.8 Å². The number of rotatable bonds is 4. The molecule has 0 aliphatic carbocycles. The molecule has 2 rings (SSSR count). The Morgan fingerprint density at radius 2 is 2.15 bits per heavy atom. The molecule has 2 aliphatic heterocycles. The summed E-state index contributed by atoms with van der Waals surface area (Å²) in [6.07, 6.45) is 3.11. The van der Waals surface area contributed by atoms with Crippen molar-refractivity contribution in [1.82, 2.24) is 9.21 Å². The number of hydrogen-bond acceptors (Lipinski definition) is 5. The molecule has 2 N–H and O–H groups in total. The molecule has 0 saturated carbocycles. The molecule has 2 aliphatic rings. The second-order valence-corrected chi connectivity index (χ2v) is 8.10. The molecular formula is C12H23N3O3S2. The first kappa shape index (κ1) is 16.1. The molecular weight excluding hydrogens is 298 g/mol. The van der Waals surface area contributed by atoms with Gasteiger partial charge in [-0.3, -0.25) is 4.90 Å². The average molecular weight is 321 g/mol. The van der Waals surface area contributed by atoms with Gasteiger partial charge < -0.3 is 10.5 Å². The van der Waals surface area contributed by atoms with E-state index in [2.05, 4.69) is 4.90 Å². The van der Waals surface area contributed by atoms with E-state index in [0.29, 0.717) is 37.1 Å². The number of piperidine rings is 1. The second kappa shape index (κ2) is 6.65. The monoisotopic (exact) mass is 321 g/mol. The summed E-state index contributed by atoms with van der Waals surface area (Å²) in [4.78, 5) is 2.68. The zero-order valence-electron chi connectivity index (χ0n) is 11.8. The van der Waals surface area contributed by atoms with Crippen LogP contribution >= 0.6 is 12.2 Å². The largest absolute Gasteiger partial charge is 0.391 e. The van der Waals surface area contributed by atoms with Gasteiger partial charge in [-0.2, -0.15) is 0 Å². The Morgan fingerprint density at radius 3 is 2.80 bits per heavy atom. The van der Waals surface area contributed by atoms with Gasteiger partial charge in [-0.15, -0.1) is 0 Å². The zero-order chi connectivity index (χ0) is 14.8. The minimum atomic E-state index is -3.07. The molecule has 0 aromatic rings. The van der Waals surface area contributed by atoms with Crippen LogP contribution in [0, 0.1) is 5.92 Å². The number of nitrogens with two attached hydrogens (primary N) is 1. The molecule has 2 heterocycles. The zero-order valence-corrected chi connectivity index (χ0v) is 13.5. The maximum absolute atomic E-state index is 11.6. The summed E-state index contributed by atoms with van der Waals surface area (Å²) in [6, 6.07) is 0. The van der Waals surface area contributed by atoms with Crippen LogP contribution in [0.1, 0.15) is 12.8 Å². The summed E-state index contributed by atoms with van der Waals surface area (Å²) < 4.78 is 30.4. The standard InChI is InChI=1S/C12H23N3O3S2/c1-20(16,17)15-4-2-3-10(8-15)7-14-5-6-18-11(9-14)12(13)19/h10-11H,2-9H2,1H3,(H2,13,19). The number of morpholine rings is 1. The van der Waals surface area contributed by atoms with E-state index >= 15 is 0 Å². The average Bonchev–Trinajstić information content (AvgIpc) is 2.38. The maximum atomic E-state index is 11.6. The van der Waals surface area contributed by atoms with E-state index in [1.807, 2.05) is 0 Å². The third-order valence-corrected chi connectivity index (χ3v) is 5.47. The molecule has 0 spiro atoms. The molecule has 116 valence electrons. The van der Waals surface area contributed by atoms with Crippen LogP contribution in [0.4, 0.5) is 0 Å². The topological polar surface area (TPSA) is 75.9 Å². The Hall–Kier alpha value is -0.280. The van der Waals surface area contributed by atoms with Gasteiger partial charge >= 0.3 is 0 Å². The lowest BCUT2D eigenvalue weighted by molar-refractivity contribution is -0.00152. The van der Waals surface area contributed by atoms with Crippen LogP contribution < -0.4 is 5.73 Å². The van der Waals surface area contributed by atoms with E-state index in [4.69, 9.17) is 22.7 Å². The van der Waals surface area contributed by atoms with Crippen LogP contribution in [0.5, 0.6) is 0 Å². The van der Waals surface area contributed by atoms with E-state index in [1.165, 1.54) is 6.26 Å². The van der Waals surface area contributed by atoms with Gasteiger partial charge in [-0.25, -0.2) is 12.7 Å². The highest BCUT2D eigenvalue weighted by atomic mass is 32.2. The Labute approximate surface area is 126 Å². The number of hydrogen-bond donors (Lipinski definition) is 1. The maximum Gasteiger partial charge on any atom is 0.211 e. The summed E-state index contributed by atoms with van der Waals surface area (Å²) in [5.41, 5.74) is 5.63. The van der Waals surface area contributed by atoms with E-state index in [1.54, 1.807) is 4.31 Å². The van der Waals surface area contributed by atoms with E-state index in [0.717, 1.165) is 25.9 Å². The van der Waals surface area contributed by atoms with Gasteiger partial charge in [0, 0.05) is 32.7 Å². The van der Waals surface area contributed by atoms with E-state index < -0.39 is 10.0 Å². The third kappa shape index (κ3) is 4.36. The summed E-state index contributed by atoms with van der Waals surface area (Å²) in [5.74, 6) is 0.378. The fourth-order valence-corrected chi connectivity index (χ4v) is 3.97. The van der Waals surface area contributed by atoms with Crippen molar-refractivity contribution in [2.75, 3.05) is 45.6 Å². The lowest BCUT2D eigenvalue weighted by atomic mass is 9.98. The van der Waals surface area contributed by atoms with Crippen molar-refractivity contribution in [2.45, 2.75) is 18.9 Å². The van der Waals surface area contributed by atoms with Crippen molar-refractivity contribution in [3.05, 3.63) is 0 Å². The van der Waals surface area contributed by atoms with Crippen molar-refractivity contribution in [3.8, 4) is 0 Å². The van der Waals surface area contributed by atoms with Crippen molar-refractivity contribution in [3.63, 3.8) is 0 Å². The molecule has 2 unspecified atom stereocenters. The number of ether oxygens (including phenoxy) is 1. The SMILES string of the molecule is CS(=O)(=O)N1CCCC(CN2CCOC(C(N)=S)C2)C1. The van der Waals surface area contributed by atoms with Gasteiger partial charge in [0.25, 0.3) is 0 Å². The quantitative estimate of drug-likeness (QED) is 0.713. The second-order valence-electron chi connectivity index (χ2n) is 5.65. The van der Waals surface area contributed by atoms with Gasteiger partial charge in [-0.1, -0.05) is 12.2 Å². The van der Waals surface area contributed by atoms with Crippen LogP contribution in [0.3, 0.4) is 0 Å². The normalized spacial score (nSPS) is 30.2. The first-order valence-electron chi connectivity index (χ1n) is 6.94. The van der Waals surface area contributed by atoms with Crippen LogP contribution in [-0.4, -0.2) is 74.3 Å². The molecule has 2 fully saturated rings. The van der Waals surface area contributed by atoms with Gasteiger partial charge in [0.05, 0.1) is 12.9 Å².